The fraction of sp³-hybridized carbons (Fsp3) is 0.292. The van der Waals surface area contributed by atoms with Crippen molar-refractivity contribution in [3.8, 4) is 0 Å². The number of alkyl halides is 1. The van der Waals surface area contributed by atoms with Crippen LogP contribution in [0.2, 0.25) is 0 Å². The zero-order chi connectivity index (χ0) is 23.9. The third-order valence-corrected chi connectivity index (χ3v) is 6.51. The van der Waals surface area contributed by atoms with Crippen molar-refractivity contribution in [1.29, 1.82) is 0 Å². The highest BCUT2D eigenvalue weighted by molar-refractivity contribution is 14.1. The highest BCUT2D eigenvalue weighted by Gasteiger charge is 2.21. The number of amides is 1. The van der Waals surface area contributed by atoms with Crippen molar-refractivity contribution in [2.75, 3.05) is 37.2 Å². The lowest BCUT2D eigenvalue weighted by Crippen LogP contribution is -2.48. The second-order valence-electron chi connectivity index (χ2n) is 7.95. The number of pyridine rings is 2. The summed E-state index contributed by atoms with van der Waals surface area (Å²) in [6.07, 6.45) is 4.23. The molecule has 1 amide bonds. The predicted molar refractivity (Wildman–Crippen MR) is 144 cm³/mol. The van der Waals surface area contributed by atoms with Gasteiger partial charge in [-0.1, -0.05) is 22.6 Å². The fourth-order valence-electron chi connectivity index (χ4n) is 3.86. The molecule has 0 atom stereocenters. The van der Waals surface area contributed by atoms with E-state index in [-0.39, 0.29) is 17.2 Å². The molecule has 0 saturated carbocycles. The van der Waals surface area contributed by atoms with E-state index in [0.717, 1.165) is 42.5 Å². The lowest BCUT2D eigenvalue weighted by atomic mass is 10.1. The molecule has 0 aliphatic carbocycles. The van der Waals surface area contributed by atoms with Gasteiger partial charge in [0.2, 0.25) is 0 Å². The van der Waals surface area contributed by atoms with Crippen molar-refractivity contribution in [1.82, 2.24) is 19.8 Å². The highest BCUT2D eigenvalue weighted by atomic mass is 127. The molecule has 0 bridgehead atoms. The number of hydrogen-bond acceptors (Lipinski definition) is 7. The minimum Gasteiger partial charge on any atom is -0.336 e. The molecule has 1 saturated heterocycles. The van der Waals surface area contributed by atoms with Crippen molar-refractivity contribution in [3.63, 3.8) is 0 Å². The first-order valence-corrected chi connectivity index (χ1v) is 12.6. The number of aromatic nitrogens is 2. The van der Waals surface area contributed by atoms with Gasteiger partial charge >= 0.3 is 0 Å². The Morgan fingerprint density at radius 2 is 1.94 bits per heavy atom. The molecule has 9 nitrogen and oxygen atoms in total. The molecule has 34 heavy (non-hydrogen) atoms. The highest BCUT2D eigenvalue weighted by Crippen LogP contribution is 2.16. The van der Waals surface area contributed by atoms with Gasteiger partial charge in [-0.25, -0.2) is 4.98 Å². The van der Waals surface area contributed by atoms with Crippen LogP contribution in [0.25, 0.3) is 11.0 Å². The Morgan fingerprint density at radius 1 is 1.18 bits per heavy atom. The number of benzene rings is 1. The average Bonchev–Trinajstić information content (AvgIpc) is 2.88. The van der Waals surface area contributed by atoms with Crippen LogP contribution in [-0.2, 0) is 0 Å². The summed E-state index contributed by atoms with van der Waals surface area (Å²) in [6, 6.07) is 12.4. The lowest BCUT2D eigenvalue weighted by Gasteiger charge is -2.34. The second-order valence-corrected chi connectivity index (χ2v) is 9.03. The van der Waals surface area contributed by atoms with E-state index in [1.54, 1.807) is 42.6 Å². The smallest absolute Gasteiger partial charge is 0.259 e. The summed E-state index contributed by atoms with van der Waals surface area (Å²) < 4.78 is 1.15. The van der Waals surface area contributed by atoms with E-state index in [9.17, 15) is 9.59 Å². The standard InChI is InChI=1S/C24H26IN7O2/c25-8-2-10-31-11-13-32(14-12-31)24(34)17-4-6-19(7-5-17)28-16-21(30-26)20-15-18-3-1-9-27-22(18)29-23(20)33/h1,3-7,9,15-16H,2,8,10-14,26H2,(H,27,29,33). The molecular formula is C24H26IN7O2. The number of aliphatic imine (C=N–C) groups is 1. The van der Waals surface area contributed by atoms with Gasteiger partial charge in [0, 0.05) is 47.8 Å². The first-order chi connectivity index (χ1) is 16.6. The summed E-state index contributed by atoms with van der Waals surface area (Å²) in [7, 11) is 0. The van der Waals surface area contributed by atoms with Crippen LogP contribution in [0.15, 0.2) is 63.5 Å². The number of carbonyl (C=O) groups excluding carboxylic acids is 1. The van der Waals surface area contributed by atoms with E-state index < -0.39 is 0 Å². The van der Waals surface area contributed by atoms with E-state index >= 15 is 0 Å². The molecule has 0 unspecified atom stereocenters. The summed E-state index contributed by atoms with van der Waals surface area (Å²) in [5, 5.41) is 4.50. The Hall–Kier alpha value is -3.12. The molecule has 3 aromatic rings. The van der Waals surface area contributed by atoms with Crippen LogP contribution < -0.4 is 11.4 Å². The van der Waals surface area contributed by atoms with Crippen LogP contribution in [-0.4, -0.2) is 74.8 Å². The van der Waals surface area contributed by atoms with Crippen LogP contribution in [0, 0.1) is 0 Å². The molecule has 1 aliphatic rings. The first kappa shape index (κ1) is 24.0. The number of nitrogens with one attached hydrogen (secondary N) is 1. The molecule has 3 N–H and O–H groups in total. The number of carbonyl (C=O) groups is 1. The SMILES string of the molecule is NN=C(C=Nc1ccc(C(=O)N2CCN(CCCI)CC2)cc1)c1cc2cccnc2[nH]c1=O. The fourth-order valence-corrected chi connectivity index (χ4v) is 4.20. The molecule has 1 aromatic carbocycles. The van der Waals surface area contributed by atoms with Crippen LogP contribution in [0.4, 0.5) is 5.69 Å². The van der Waals surface area contributed by atoms with Crippen LogP contribution in [0.1, 0.15) is 22.3 Å². The zero-order valence-electron chi connectivity index (χ0n) is 18.7. The van der Waals surface area contributed by atoms with Gasteiger partial charge in [-0.15, -0.1) is 0 Å². The van der Waals surface area contributed by atoms with Gasteiger partial charge in [-0.05, 0) is 55.4 Å². The monoisotopic (exact) mass is 571 g/mol. The van der Waals surface area contributed by atoms with Gasteiger partial charge in [0.15, 0.2) is 0 Å². The normalized spacial score (nSPS) is 15.3. The zero-order valence-corrected chi connectivity index (χ0v) is 20.8. The Labute approximate surface area is 210 Å². The second kappa shape index (κ2) is 11.3. The van der Waals surface area contributed by atoms with E-state index in [1.807, 2.05) is 11.0 Å². The number of piperazine rings is 1. The van der Waals surface area contributed by atoms with Crippen molar-refractivity contribution in [2.45, 2.75) is 6.42 Å². The largest absolute Gasteiger partial charge is 0.336 e. The number of halogens is 1. The summed E-state index contributed by atoms with van der Waals surface area (Å²) in [6.45, 7) is 4.40. The van der Waals surface area contributed by atoms with E-state index in [4.69, 9.17) is 5.84 Å². The summed E-state index contributed by atoms with van der Waals surface area (Å²) in [5.74, 6) is 5.57. The summed E-state index contributed by atoms with van der Waals surface area (Å²) in [4.78, 5) is 40.9. The molecule has 4 rings (SSSR count). The van der Waals surface area contributed by atoms with E-state index in [2.05, 4.69) is 47.6 Å². The number of hydrazone groups is 1. The quantitative estimate of drug-likeness (QED) is 0.149. The Kier molecular flexibility index (Phi) is 8.01. The molecule has 0 spiro atoms. The Bertz CT molecular complexity index is 1260. The maximum atomic E-state index is 12.9. The molecule has 3 heterocycles. The van der Waals surface area contributed by atoms with E-state index in [1.165, 1.54) is 12.6 Å². The van der Waals surface area contributed by atoms with Crippen molar-refractivity contribution in [2.24, 2.45) is 15.9 Å². The van der Waals surface area contributed by atoms with Gasteiger partial charge in [-0.3, -0.25) is 19.5 Å². The van der Waals surface area contributed by atoms with Gasteiger partial charge in [0.05, 0.1) is 17.5 Å². The van der Waals surface area contributed by atoms with Crippen LogP contribution in [0.3, 0.4) is 0 Å². The van der Waals surface area contributed by atoms with Gasteiger partial charge in [0.1, 0.15) is 11.4 Å². The number of rotatable bonds is 7. The van der Waals surface area contributed by atoms with Crippen LogP contribution in [0.5, 0.6) is 0 Å². The molecule has 1 fully saturated rings. The van der Waals surface area contributed by atoms with Crippen molar-refractivity contribution in [3.05, 3.63) is 70.1 Å². The minimum atomic E-state index is -0.350. The Balaban J connectivity index is 1.42. The van der Waals surface area contributed by atoms with Crippen molar-refractivity contribution >= 4 is 57.1 Å². The van der Waals surface area contributed by atoms with Gasteiger partial charge < -0.3 is 15.7 Å². The number of aromatic amines is 1. The van der Waals surface area contributed by atoms with Gasteiger partial charge in [-0.2, -0.15) is 5.10 Å². The molecule has 176 valence electrons. The third kappa shape index (κ3) is 5.68. The summed E-state index contributed by atoms with van der Waals surface area (Å²) in [5.41, 5.74) is 1.94. The molecule has 2 aromatic heterocycles. The molecular weight excluding hydrogens is 545 g/mol. The number of nitrogens with two attached hydrogens (primary N) is 1. The molecule has 1 aliphatic heterocycles. The first-order valence-electron chi connectivity index (χ1n) is 11.1. The van der Waals surface area contributed by atoms with Gasteiger partial charge in [0.25, 0.3) is 11.5 Å². The molecule has 0 radical (unpaired) electrons. The topological polar surface area (TPSA) is 120 Å². The number of hydrogen-bond donors (Lipinski definition) is 2. The Morgan fingerprint density at radius 3 is 2.65 bits per heavy atom. The predicted octanol–water partition coefficient (Wildman–Crippen LogP) is 2.57. The average molecular weight is 571 g/mol. The van der Waals surface area contributed by atoms with Crippen molar-refractivity contribution < 1.29 is 4.79 Å². The number of H-pyrrole nitrogens is 1. The van der Waals surface area contributed by atoms with Crippen LogP contribution >= 0.6 is 22.6 Å². The molecule has 10 heteroatoms. The maximum Gasteiger partial charge on any atom is 0.259 e. The lowest BCUT2D eigenvalue weighted by molar-refractivity contribution is 0.0638. The third-order valence-electron chi connectivity index (χ3n) is 5.75. The minimum absolute atomic E-state index is 0.0320. The maximum absolute atomic E-state index is 12.9. The number of nitrogens with zero attached hydrogens (tertiary/aromatic N) is 5. The van der Waals surface area contributed by atoms with E-state index in [0.29, 0.717) is 22.5 Å². The summed E-state index contributed by atoms with van der Waals surface area (Å²) >= 11 is 2.40. The number of fused-ring (bicyclic) bond motifs is 1.